The number of carbonyl (C=O) groups is 1. The number of nitrogens with zero attached hydrogens (tertiary/aromatic N) is 3. The van der Waals surface area contributed by atoms with Crippen molar-refractivity contribution in [2.24, 2.45) is 0 Å². The monoisotopic (exact) mass is 337 g/mol. The Balaban J connectivity index is 1.59. The van der Waals surface area contributed by atoms with Crippen molar-refractivity contribution in [2.45, 2.75) is 31.9 Å². The van der Waals surface area contributed by atoms with E-state index in [2.05, 4.69) is 4.98 Å². The Kier molecular flexibility index (Phi) is 4.83. The molecule has 0 atom stereocenters. The third kappa shape index (κ3) is 3.35. The highest BCUT2D eigenvalue weighted by atomic mass is 32.2. The quantitative estimate of drug-likeness (QED) is 0.859. The van der Waals surface area contributed by atoms with Gasteiger partial charge in [0.1, 0.15) is 0 Å². The van der Waals surface area contributed by atoms with E-state index in [4.69, 9.17) is 0 Å². The summed E-state index contributed by atoms with van der Waals surface area (Å²) in [6.45, 7) is 3.68. The molecule has 2 aromatic rings. The number of thiazole rings is 1. The van der Waals surface area contributed by atoms with Crippen LogP contribution in [-0.4, -0.2) is 39.0 Å². The number of rotatable bonds is 4. The number of likely N-dealkylation sites (tertiary alicyclic amines) is 1. The molecule has 0 aliphatic carbocycles. The molecule has 1 saturated heterocycles. The van der Waals surface area contributed by atoms with Gasteiger partial charge in [0.25, 0.3) is 5.56 Å². The van der Waals surface area contributed by atoms with Gasteiger partial charge in [-0.3, -0.25) is 14.0 Å². The lowest BCUT2D eigenvalue weighted by molar-refractivity contribution is -0.129. The summed E-state index contributed by atoms with van der Waals surface area (Å²) in [5.74, 6) is 1.27. The Labute approximate surface area is 137 Å². The molecule has 2 aromatic heterocycles. The van der Waals surface area contributed by atoms with Crippen LogP contribution in [0.4, 0.5) is 0 Å². The Morgan fingerprint density at radius 3 is 2.91 bits per heavy atom. The van der Waals surface area contributed by atoms with E-state index in [1.807, 2.05) is 17.2 Å². The molecule has 3 heterocycles. The zero-order valence-electron chi connectivity index (χ0n) is 12.6. The van der Waals surface area contributed by atoms with E-state index in [1.54, 1.807) is 10.5 Å². The lowest BCUT2D eigenvalue weighted by Gasteiger charge is -2.26. The highest BCUT2D eigenvalue weighted by Gasteiger charge is 2.16. The number of amides is 1. The number of carbonyl (C=O) groups excluding carboxylic acids is 1. The maximum Gasteiger partial charge on any atom is 0.258 e. The van der Waals surface area contributed by atoms with Crippen LogP contribution in [0, 0.1) is 6.92 Å². The second-order valence-electron chi connectivity index (χ2n) is 5.52. The average molecular weight is 337 g/mol. The summed E-state index contributed by atoms with van der Waals surface area (Å²) in [5.41, 5.74) is 1.63. The van der Waals surface area contributed by atoms with E-state index in [-0.39, 0.29) is 11.5 Å². The van der Waals surface area contributed by atoms with Gasteiger partial charge in [-0.05, 0) is 26.2 Å². The molecule has 0 aromatic carbocycles. The molecule has 0 unspecified atom stereocenters. The lowest BCUT2D eigenvalue weighted by Crippen LogP contribution is -2.36. The normalized spacial score (nSPS) is 15.4. The zero-order chi connectivity index (χ0) is 15.5. The molecular formula is C15H19N3O2S2. The standard InChI is InChI=1S/C15H19N3O2S2/c1-11-8-22-15-16-12(7-13(19)18(11)15)9-21-10-14(20)17-5-3-2-4-6-17/h7-8H,2-6,9-10H2,1H3. The number of piperidine rings is 1. The van der Waals surface area contributed by atoms with Crippen molar-refractivity contribution in [3.8, 4) is 0 Å². The predicted molar refractivity (Wildman–Crippen MR) is 90.7 cm³/mol. The minimum absolute atomic E-state index is 0.0401. The van der Waals surface area contributed by atoms with Gasteiger partial charge in [-0.1, -0.05) is 0 Å². The van der Waals surface area contributed by atoms with Crippen LogP contribution in [0.5, 0.6) is 0 Å². The Morgan fingerprint density at radius 1 is 1.36 bits per heavy atom. The van der Waals surface area contributed by atoms with E-state index in [0.717, 1.165) is 42.3 Å². The highest BCUT2D eigenvalue weighted by Crippen LogP contribution is 2.16. The molecule has 1 aliphatic rings. The topological polar surface area (TPSA) is 54.7 Å². The third-order valence-electron chi connectivity index (χ3n) is 3.81. The number of thioether (sulfide) groups is 1. The van der Waals surface area contributed by atoms with E-state index < -0.39 is 0 Å². The molecule has 1 fully saturated rings. The van der Waals surface area contributed by atoms with E-state index >= 15 is 0 Å². The van der Waals surface area contributed by atoms with Gasteiger partial charge in [-0.25, -0.2) is 4.98 Å². The minimum Gasteiger partial charge on any atom is -0.342 e. The van der Waals surface area contributed by atoms with Gasteiger partial charge in [0.15, 0.2) is 4.96 Å². The van der Waals surface area contributed by atoms with Crippen molar-refractivity contribution in [3.63, 3.8) is 0 Å². The van der Waals surface area contributed by atoms with Crippen LogP contribution in [0.25, 0.3) is 4.96 Å². The van der Waals surface area contributed by atoms with Crippen molar-refractivity contribution in [1.29, 1.82) is 0 Å². The molecule has 0 radical (unpaired) electrons. The summed E-state index contributed by atoms with van der Waals surface area (Å²) in [6, 6.07) is 1.57. The first kappa shape index (κ1) is 15.6. The van der Waals surface area contributed by atoms with Crippen LogP contribution >= 0.6 is 23.1 Å². The molecule has 7 heteroatoms. The van der Waals surface area contributed by atoms with Gasteiger partial charge < -0.3 is 4.90 Å². The molecule has 1 amide bonds. The summed E-state index contributed by atoms with van der Waals surface area (Å²) < 4.78 is 1.62. The third-order valence-corrected chi connectivity index (χ3v) is 5.71. The van der Waals surface area contributed by atoms with Crippen LogP contribution in [0.3, 0.4) is 0 Å². The van der Waals surface area contributed by atoms with Crippen molar-refractivity contribution in [1.82, 2.24) is 14.3 Å². The van der Waals surface area contributed by atoms with Crippen LogP contribution in [-0.2, 0) is 10.5 Å². The first-order chi connectivity index (χ1) is 10.6. The largest absolute Gasteiger partial charge is 0.342 e. The Hall–Kier alpha value is -1.34. The second-order valence-corrected chi connectivity index (χ2v) is 7.34. The van der Waals surface area contributed by atoms with Crippen molar-refractivity contribution in [3.05, 3.63) is 33.2 Å². The van der Waals surface area contributed by atoms with Crippen LogP contribution in [0.15, 0.2) is 16.2 Å². The first-order valence-corrected chi connectivity index (χ1v) is 9.51. The number of fused-ring (bicyclic) bond motifs is 1. The molecule has 3 rings (SSSR count). The van der Waals surface area contributed by atoms with Crippen molar-refractivity contribution >= 4 is 34.0 Å². The lowest BCUT2D eigenvalue weighted by atomic mass is 10.1. The molecule has 0 bridgehead atoms. The fourth-order valence-corrected chi connectivity index (χ4v) is 4.36. The SMILES string of the molecule is Cc1csc2nc(CSCC(=O)N3CCCCC3)cc(=O)n12. The smallest absolute Gasteiger partial charge is 0.258 e. The average Bonchev–Trinajstić information content (AvgIpc) is 2.90. The maximum absolute atomic E-state index is 12.1. The van der Waals surface area contributed by atoms with Gasteiger partial charge in [-0.15, -0.1) is 23.1 Å². The predicted octanol–water partition coefficient (Wildman–Crippen LogP) is 2.31. The molecular weight excluding hydrogens is 318 g/mol. The fourth-order valence-electron chi connectivity index (χ4n) is 2.65. The maximum atomic E-state index is 12.1. The van der Waals surface area contributed by atoms with Crippen LogP contribution < -0.4 is 5.56 Å². The van der Waals surface area contributed by atoms with Crippen LogP contribution in [0.2, 0.25) is 0 Å². The molecule has 0 spiro atoms. The van der Waals surface area contributed by atoms with Crippen molar-refractivity contribution in [2.75, 3.05) is 18.8 Å². The molecule has 0 saturated carbocycles. The molecule has 5 nitrogen and oxygen atoms in total. The summed E-state index contributed by atoms with van der Waals surface area (Å²) in [7, 11) is 0. The summed E-state index contributed by atoms with van der Waals surface area (Å²) in [5, 5.41) is 1.93. The summed E-state index contributed by atoms with van der Waals surface area (Å²) in [6.07, 6.45) is 3.46. The Bertz CT molecular complexity index is 732. The molecule has 118 valence electrons. The van der Waals surface area contributed by atoms with Gasteiger partial charge in [-0.2, -0.15) is 0 Å². The molecule has 22 heavy (non-hydrogen) atoms. The van der Waals surface area contributed by atoms with Crippen molar-refractivity contribution < 1.29 is 4.79 Å². The van der Waals surface area contributed by atoms with Gasteiger partial charge >= 0.3 is 0 Å². The number of aryl methyl sites for hydroxylation is 1. The minimum atomic E-state index is -0.0401. The molecule has 0 N–H and O–H groups in total. The summed E-state index contributed by atoms with van der Waals surface area (Å²) >= 11 is 3.01. The zero-order valence-corrected chi connectivity index (χ0v) is 14.2. The van der Waals surface area contributed by atoms with Gasteiger partial charge in [0, 0.05) is 36.0 Å². The van der Waals surface area contributed by atoms with E-state index in [0.29, 0.717) is 11.5 Å². The van der Waals surface area contributed by atoms with Gasteiger partial charge in [0.05, 0.1) is 11.4 Å². The number of hydrogen-bond acceptors (Lipinski definition) is 5. The summed E-state index contributed by atoms with van der Waals surface area (Å²) in [4.78, 5) is 31.3. The fraction of sp³-hybridized carbons (Fsp3) is 0.533. The molecule has 1 aliphatic heterocycles. The number of aromatic nitrogens is 2. The van der Waals surface area contributed by atoms with Gasteiger partial charge in [0.2, 0.25) is 5.91 Å². The second kappa shape index (κ2) is 6.83. The Morgan fingerprint density at radius 2 is 2.14 bits per heavy atom. The number of hydrogen-bond donors (Lipinski definition) is 0. The first-order valence-electron chi connectivity index (χ1n) is 7.47. The van der Waals surface area contributed by atoms with E-state index in [1.165, 1.54) is 29.5 Å². The van der Waals surface area contributed by atoms with Crippen LogP contribution in [0.1, 0.15) is 30.7 Å². The highest BCUT2D eigenvalue weighted by molar-refractivity contribution is 7.99. The van der Waals surface area contributed by atoms with E-state index in [9.17, 15) is 9.59 Å².